The first-order valence-electron chi connectivity index (χ1n) is 4.90. The van der Waals surface area contributed by atoms with Crippen LogP contribution in [0, 0.1) is 0 Å². The normalized spacial score (nSPS) is 11.8. The highest BCUT2D eigenvalue weighted by molar-refractivity contribution is 6.32. The van der Waals surface area contributed by atoms with E-state index in [1.165, 1.54) is 33.3 Å². The minimum atomic E-state index is -1.11. The van der Waals surface area contributed by atoms with Crippen LogP contribution in [-0.2, 0) is 4.79 Å². The van der Waals surface area contributed by atoms with Gasteiger partial charge in [0.05, 0.1) is 24.9 Å². The predicted octanol–water partition coefficient (Wildman–Crippen LogP) is 1.68. The first-order valence-corrected chi connectivity index (χ1v) is 5.27. The van der Waals surface area contributed by atoms with E-state index in [1.54, 1.807) is 0 Å². The van der Waals surface area contributed by atoms with Gasteiger partial charge in [-0.3, -0.25) is 4.79 Å². The summed E-state index contributed by atoms with van der Waals surface area (Å²) in [7, 11) is 2.92. The standard InChI is InChI=1S/C11H14ClNO4/c1-6(14)11(15)13-8-5-9(16-2)7(12)4-10(8)17-3/h4-6,14H,1-3H3,(H,13,15). The van der Waals surface area contributed by atoms with Gasteiger partial charge >= 0.3 is 0 Å². The second kappa shape index (κ2) is 5.75. The van der Waals surface area contributed by atoms with Crippen molar-refractivity contribution in [1.29, 1.82) is 0 Å². The van der Waals surface area contributed by atoms with Gasteiger partial charge in [-0.05, 0) is 6.92 Å². The van der Waals surface area contributed by atoms with Crippen LogP contribution in [0.1, 0.15) is 6.92 Å². The monoisotopic (exact) mass is 259 g/mol. The lowest BCUT2D eigenvalue weighted by atomic mass is 10.2. The number of aliphatic hydroxyl groups excluding tert-OH is 1. The van der Waals surface area contributed by atoms with E-state index in [-0.39, 0.29) is 0 Å². The number of carbonyl (C=O) groups excluding carboxylic acids is 1. The lowest BCUT2D eigenvalue weighted by Gasteiger charge is -2.13. The second-order valence-electron chi connectivity index (χ2n) is 3.35. The third kappa shape index (κ3) is 3.25. The maximum atomic E-state index is 11.4. The fourth-order valence-corrected chi connectivity index (χ4v) is 1.43. The minimum absolute atomic E-state index is 0.374. The van der Waals surface area contributed by atoms with Crippen LogP contribution in [-0.4, -0.2) is 31.3 Å². The first-order chi connectivity index (χ1) is 7.99. The molecule has 1 aromatic carbocycles. The molecule has 1 aromatic rings. The van der Waals surface area contributed by atoms with Gasteiger partial charge in [0.25, 0.3) is 5.91 Å². The average Bonchev–Trinajstić information content (AvgIpc) is 2.30. The van der Waals surface area contributed by atoms with Crippen LogP contribution >= 0.6 is 11.6 Å². The lowest BCUT2D eigenvalue weighted by molar-refractivity contribution is -0.123. The van der Waals surface area contributed by atoms with Gasteiger partial charge in [0.1, 0.15) is 17.6 Å². The number of rotatable bonds is 4. The highest BCUT2D eigenvalue weighted by atomic mass is 35.5. The van der Waals surface area contributed by atoms with Crippen molar-refractivity contribution in [1.82, 2.24) is 0 Å². The molecule has 94 valence electrons. The van der Waals surface area contributed by atoms with Crippen LogP contribution in [0.4, 0.5) is 5.69 Å². The maximum Gasteiger partial charge on any atom is 0.253 e. The topological polar surface area (TPSA) is 67.8 Å². The van der Waals surface area contributed by atoms with Gasteiger partial charge in [-0.1, -0.05) is 11.6 Å². The summed E-state index contributed by atoms with van der Waals surface area (Å²) in [4.78, 5) is 11.4. The van der Waals surface area contributed by atoms with Gasteiger partial charge in [-0.25, -0.2) is 0 Å². The summed E-state index contributed by atoms with van der Waals surface area (Å²) in [5.74, 6) is 0.269. The summed E-state index contributed by atoms with van der Waals surface area (Å²) in [5.41, 5.74) is 0.389. The van der Waals surface area contributed by atoms with Crippen molar-refractivity contribution in [2.24, 2.45) is 0 Å². The fourth-order valence-electron chi connectivity index (χ4n) is 1.20. The molecular formula is C11H14ClNO4. The molecule has 1 unspecified atom stereocenters. The molecule has 5 nitrogen and oxygen atoms in total. The van der Waals surface area contributed by atoms with Crippen LogP contribution in [0.2, 0.25) is 5.02 Å². The van der Waals surface area contributed by atoms with Gasteiger partial charge in [0, 0.05) is 12.1 Å². The summed E-state index contributed by atoms with van der Waals surface area (Å²) >= 11 is 5.91. The number of anilines is 1. The smallest absolute Gasteiger partial charge is 0.253 e. The van der Waals surface area contributed by atoms with E-state index in [9.17, 15) is 4.79 Å². The number of hydrogen-bond acceptors (Lipinski definition) is 4. The molecule has 0 aliphatic carbocycles. The van der Waals surface area contributed by atoms with Gasteiger partial charge in [-0.2, -0.15) is 0 Å². The number of carbonyl (C=O) groups is 1. The zero-order chi connectivity index (χ0) is 13.0. The van der Waals surface area contributed by atoms with Crippen molar-refractivity contribution in [2.45, 2.75) is 13.0 Å². The first kappa shape index (κ1) is 13.6. The molecule has 2 N–H and O–H groups in total. The minimum Gasteiger partial charge on any atom is -0.495 e. The average molecular weight is 260 g/mol. The molecule has 0 radical (unpaired) electrons. The Morgan fingerprint density at radius 3 is 2.41 bits per heavy atom. The summed E-state index contributed by atoms with van der Waals surface area (Å²) in [5, 5.41) is 12.0. The summed E-state index contributed by atoms with van der Waals surface area (Å²) in [6, 6.07) is 3.06. The lowest BCUT2D eigenvalue weighted by Crippen LogP contribution is -2.24. The molecule has 0 aromatic heterocycles. The van der Waals surface area contributed by atoms with Crippen molar-refractivity contribution >= 4 is 23.2 Å². The molecule has 0 heterocycles. The molecule has 0 fully saturated rings. The molecule has 0 bridgehead atoms. The predicted molar refractivity (Wildman–Crippen MR) is 64.9 cm³/mol. The molecule has 1 atom stereocenters. The molecule has 0 aliphatic rings. The van der Waals surface area contributed by atoms with Crippen molar-refractivity contribution in [3.8, 4) is 11.5 Å². The van der Waals surface area contributed by atoms with Gasteiger partial charge in [-0.15, -0.1) is 0 Å². The Kier molecular flexibility index (Phi) is 4.60. The van der Waals surface area contributed by atoms with E-state index in [0.29, 0.717) is 22.2 Å². The van der Waals surface area contributed by atoms with E-state index in [0.717, 1.165) is 0 Å². The number of ether oxygens (including phenoxy) is 2. The number of hydrogen-bond donors (Lipinski definition) is 2. The van der Waals surface area contributed by atoms with Crippen molar-refractivity contribution in [2.75, 3.05) is 19.5 Å². The Morgan fingerprint density at radius 2 is 1.94 bits per heavy atom. The van der Waals surface area contributed by atoms with Gasteiger partial charge < -0.3 is 19.9 Å². The summed E-state index contributed by atoms with van der Waals surface area (Å²) in [6.45, 7) is 1.37. The van der Waals surface area contributed by atoms with E-state index in [2.05, 4.69) is 5.32 Å². The molecule has 17 heavy (non-hydrogen) atoms. The molecule has 6 heteroatoms. The Morgan fingerprint density at radius 1 is 1.35 bits per heavy atom. The zero-order valence-electron chi connectivity index (χ0n) is 9.78. The van der Waals surface area contributed by atoms with E-state index >= 15 is 0 Å². The van der Waals surface area contributed by atoms with Crippen LogP contribution in [0.3, 0.4) is 0 Å². The van der Waals surface area contributed by atoms with Crippen LogP contribution in [0.25, 0.3) is 0 Å². The summed E-state index contributed by atoms with van der Waals surface area (Å²) in [6.07, 6.45) is -1.11. The van der Waals surface area contributed by atoms with E-state index < -0.39 is 12.0 Å². The Balaban J connectivity index is 3.08. The Hall–Kier alpha value is -1.46. The van der Waals surface area contributed by atoms with Crippen LogP contribution in [0.5, 0.6) is 11.5 Å². The Bertz CT molecular complexity index is 420. The highest BCUT2D eigenvalue weighted by Crippen LogP contribution is 2.35. The molecule has 1 amide bonds. The highest BCUT2D eigenvalue weighted by Gasteiger charge is 2.14. The largest absolute Gasteiger partial charge is 0.495 e. The van der Waals surface area contributed by atoms with E-state index in [4.69, 9.17) is 26.2 Å². The number of nitrogens with one attached hydrogen (secondary N) is 1. The van der Waals surface area contributed by atoms with Gasteiger partial charge in [0.2, 0.25) is 0 Å². The van der Waals surface area contributed by atoms with Crippen molar-refractivity contribution in [3.05, 3.63) is 17.2 Å². The number of methoxy groups -OCH3 is 2. The zero-order valence-corrected chi connectivity index (χ0v) is 10.5. The van der Waals surface area contributed by atoms with Crippen LogP contribution < -0.4 is 14.8 Å². The molecule has 0 saturated carbocycles. The molecular weight excluding hydrogens is 246 g/mol. The third-order valence-electron chi connectivity index (χ3n) is 2.11. The molecule has 0 spiro atoms. The van der Waals surface area contributed by atoms with Crippen molar-refractivity contribution in [3.63, 3.8) is 0 Å². The number of benzene rings is 1. The number of aliphatic hydroxyl groups is 1. The van der Waals surface area contributed by atoms with Crippen molar-refractivity contribution < 1.29 is 19.4 Å². The quantitative estimate of drug-likeness (QED) is 0.863. The fraction of sp³-hybridized carbons (Fsp3) is 0.364. The third-order valence-corrected chi connectivity index (χ3v) is 2.41. The van der Waals surface area contributed by atoms with Gasteiger partial charge in [0.15, 0.2) is 0 Å². The Labute approximate surface area is 104 Å². The van der Waals surface area contributed by atoms with E-state index in [1.807, 2.05) is 0 Å². The molecule has 1 rings (SSSR count). The summed E-state index contributed by atoms with van der Waals surface area (Å²) < 4.78 is 10.1. The molecule has 0 saturated heterocycles. The maximum absolute atomic E-state index is 11.4. The number of amides is 1. The second-order valence-corrected chi connectivity index (χ2v) is 3.76. The number of halogens is 1. The van der Waals surface area contributed by atoms with Crippen LogP contribution in [0.15, 0.2) is 12.1 Å². The SMILES string of the molecule is COc1cc(NC(=O)C(C)O)c(OC)cc1Cl. The molecule has 0 aliphatic heterocycles.